The molecule has 3 atom stereocenters. The summed E-state index contributed by atoms with van der Waals surface area (Å²) in [6.45, 7) is 0.563. The Morgan fingerprint density at radius 3 is 3.00 bits per heavy atom. The normalized spacial score (nSPS) is 28.4. The second-order valence-corrected chi connectivity index (χ2v) is 5.26. The van der Waals surface area contributed by atoms with Crippen molar-refractivity contribution >= 4 is 0 Å². The van der Waals surface area contributed by atoms with Crippen molar-refractivity contribution in [2.45, 2.75) is 31.1 Å². The van der Waals surface area contributed by atoms with Crippen LogP contribution in [0.3, 0.4) is 0 Å². The van der Waals surface area contributed by atoms with Crippen LogP contribution in [0.4, 0.5) is 0 Å². The molecule has 2 aliphatic heterocycles. The molecular formula is C14H15N3O3. The first-order valence-corrected chi connectivity index (χ1v) is 6.79. The number of benzene rings is 1. The lowest BCUT2D eigenvalue weighted by Gasteiger charge is -2.05. The van der Waals surface area contributed by atoms with Crippen LogP contribution >= 0.6 is 0 Å². The Balaban J connectivity index is 1.52. The molecule has 0 bridgehead atoms. The smallest absolute Gasteiger partial charge is 0.244 e. The first-order valence-electron chi connectivity index (χ1n) is 6.79. The molecule has 1 saturated heterocycles. The summed E-state index contributed by atoms with van der Waals surface area (Å²) >= 11 is 0. The monoisotopic (exact) mass is 273 g/mol. The third-order valence-corrected chi connectivity index (χ3v) is 3.80. The first kappa shape index (κ1) is 11.9. The zero-order valence-electron chi connectivity index (χ0n) is 10.8. The number of hydrogen-bond acceptors (Lipinski definition) is 6. The van der Waals surface area contributed by atoms with Crippen LogP contribution in [0.5, 0.6) is 5.75 Å². The van der Waals surface area contributed by atoms with Gasteiger partial charge in [-0.2, -0.15) is 4.98 Å². The number of ether oxygens (including phenoxy) is 1. The largest absolute Gasteiger partial charge is 0.482 e. The van der Waals surface area contributed by atoms with Crippen LogP contribution in [0.1, 0.15) is 35.8 Å². The van der Waals surface area contributed by atoms with Gasteiger partial charge in [0.05, 0.1) is 12.1 Å². The number of hydrogen-bond donors (Lipinski definition) is 2. The molecule has 0 saturated carbocycles. The maximum atomic E-state index is 9.52. The van der Waals surface area contributed by atoms with Crippen molar-refractivity contribution in [1.29, 1.82) is 0 Å². The number of nitrogens with zero attached hydrogens (tertiary/aromatic N) is 2. The van der Waals surface area contributed by atoms with E-state index in [4.69, 9.17) is 9.26 Å². The van der Waals surface area contributed by atoms with Crippen LogP contribution in [0.25, 0.3) is 0 Å². The molecule has 1 aromatic heterocycles. The van der Waals surface area contributed by atoms with Crippen LogP contribution in [-0.4, -0.2) is 27.9 Å². The number of aliphatic hydroxyl groups is 1. The molecule has 1 aromatic carbocycles. The maximum absolute atomic E-state index is 9.52. The van der Waals surface area contributed by atoms with E-state index in [0.29, 0.717) is 24.7 Å². The van der Waals surface area contributed by atoms with Gasteiger partial charge in [-0.25, -0.2) is 0 Å². The molecule has 1 fully saturated rings. The average Bonchev–Trinajstić information content (AvgIpc) is 3.16. The molecule has 2 aliphatic rings. The minimum Gasteiger partial charge on any atom is -0.482 e. The second-order valence-electron chi connectivity index (χ2n) is 5.26. The topological polar surface area (TPSA) is 80.4 Å². The molecule has 6 nitrogen and oxygen atoms in total. The summed E-state index contributed by atoms with van der Waals surface area (Å²) in [6.07, 6.45) is 0.835. The van der Waals surface area contributed by atoms with E-state index < -0.39 is 0 Å². The Bertz CT molecular complexity index is 603. The zero-order valence-corrected chi connectivity index (χ0v) is 10.8. The molecule has 104 valence electrons. The number of nitrogens with one attached hydrogen (secondary N) is 1. The van der Waals surface area contributed by atoms with Gasteiger partial charge < -0.3 is 19.7 Å². The van der Waals surface area contributed by atoms with E-state index in [2.05, 4.69) is 15.5 Å². The highest BCUT2D eigenvalue weighted by Gasteiger charge is 2.32. The maximum Gasteiger partial charge on any atom is 0.244 e. The molecule has 1 unspecified atom stereocenters. The lowest BCUT2D eigenvalue weighted by Crippen LogP contribution is -2.15. The number of rotatable bonds is 2. The Labute approximate surface area is 115 Å². The summed E-state index contributed by atoms with van der Waals surface area (Å²) in [4.78, 5) is 4.42. The van der Waals surface area contributed by atoms with Gasteiger partial charge in [-0.3, -0.25) is 0 Å². The van der Waals surface area contributed by atoms with Crippen molar-refractivity contribution in [3.8, 4) is 5.75 Å². The van der Waals surface area contributed by atoms with Gasteiger partial charge in [-0.1, -0.05) is 23.4 Å². The van der Waals surface area contributed by atoms with E-state index in [-0.39, 0.29) is 18.2 Å². The molecule has 6 heteroatoms. The molecule has 0 aliphatic carbocycles. The molecule has 20 heavy (non-hydrogen) atoms. The highest BCUT2D eigenvalue weighted by molar-refractivity contribution is 5.37. The Hall–Kier alpha value is -1.92. The van der Waals surface area contributed by atoms with Gasteiger partial charge in [0.1, 0.15) is 5.75 Å². The lowest BCUT2D eigenvalue weighted by atomic mass is 10.1. The number of fused-ring (bicyclic) bond motifs is 1. The zero-order chi connectivity index (χ0) is 13.5. The van der Waals surface area contributed by atoms with Gasteiger partial charge in [-0.15, -0.1) is 0 Å². The van der Waals surface area contributed by atoms with Crippen LogP contribution in [0.2, 0.25) is 0 Å². The summed E-state index contributed by atoms with van der Waals surface area (Å²) in [5.74, 6) is 1.98. The molecule has 0 amide bonds. The molecule has 2 aromatic rings. The fraction of sp³-hybridized carbons (Fsp3) is 0.429. The van der Waals surface area contributed by atoms with Crippen molar-refractivity contribution in [2.24, 2.45) is 0 Å². The molecule has 3 heterocycles. The molecule has 4 rings (SSSR count). The van der Waals surface area contributed by atoms with Crippen LogP contribution in [0, 0.1) is 0 Å². The molecule has 2 N–H and O–H groups in total. The summed E-state index contributed by atoms with van der Waals surface area (Å²) in [5.41, 5.74) is 1.17. The number of para-hydroxylation sites is 1. The number of aliphatic hydroxyl groups excluding tert-OH is 1. The number of aromatic nitrogens is 2. The van der Waals surface area contributed by atoms with Crippen molar-refractivity contribution in [3.63, 3.8) is 0 Å². The van der Waals surface area contributed by atoms with E-state index in [1.807, 2.05) is 24.3 Å². The molecule has 0 spiro atoms. The van der Waals surface area contributed by atoms with E-state index >= 15 is 0 Å². The van der Waals surface area contributed by atoms with Crippen molar-refractivity contribution in [2.75, 3.05) is 6.54 Å². The Kier molecular flexibility index (Phi) is 2.71. The second kappa shape index (κ2) is 4.57. The van der Waals surface area contributed by atoms with Crippen molar-refractivity contribution in [1.82, 2.24) is 15.5 Å². The summed E-state index contributed by atoms with van der Waals surface area (Å²) in [7, 11) is 0. The molecule has 0 radical (unpaired) electrons. The third-order valence-electron chi connectivity index (χ3n) is 3.80. The third kappa shape index (κ3) is 1.97. The highest BCUT2D eigenvalue weighted by atomic mass is 16.5. The minimum atomic E-state index is -0.345. The van der Waals surface area contributed by atoms with Crippen LogP contribution < -0.4 is 10.1 Å². The van der Waals surface area contributed by atoms with Gasteiger partial charge in [0.2, 0.25) is 11.7 Å². The predicted octanol–water partition coefficient (Wildman–Crippen LogP) is 1.14. The van der Waals surface area contributed by atoms with E-state index in [1.54, 1.807) is 0 Å². The van der Waals surface area contributed by atoms with Crippen molar-refractivity contribution < 1.29 is 14.4 Å². The Morgan fingerprint density at radius 1 is 1.30 bits per heavy atom. The van der Waals surface area contributed by atoms with E-state index in [1.165, 1.54) is 5.56 Å². The van der Waals surface area contributed by atoms with Gasteiger partial charge in [0.25, 0.3) is 0 Å². The van der Waals surface area contributed by atoms with E-state index in [9.17, 15) is 5.11 Å². The average molecular weight is 273 g/mol. The number of β-amino-alcohol motifs (C(OH)–C–C–N with tert-alkyl or cyclic N) is 1. The van der Waals surface area contributed by atoms with Crippen LogP contribution in [-0.2, 0) is 6.42 Å². The summed E-state index contributed by atoms with van der Waals surface area (Å²) < 4.78 is 11.1. The minimum absolute atomic E-state index is 0.0602. The lowest BCUT2D eigenvalue weighted by molar-refractivity contribution is 0.190. The predicted molar refractivity (Wildman–Crippen MR) is 69.2 cm³/mol. The highest BCUT2D eigenvalue weighted by Crippen LogP contribution is 2.35. The van der Waals surface area contributed by atoms with Gasteiger partial charge in [0, 0.05) is 13.0 Å². The van der Waals surface area contributed by atoms with Crippen LogP contribution in [0.15, 0.2) is 28.8 Å². The first-order chi connectivity index (χ1) is 9.79. The van der Waals surface area contributed by atoms with Gasteiger partial charge in [-0.05, 0) is 18.1 Å². The van der Waals surface area contributed by atoms with Crippen molar-refractivity contribution in [3.05, 3.63) is 41.5 Å². The summed E-state index contributed by atoms with van der Waals surface area (Å²) in [6, 6.07) is 7.88. The Morgan fingerprint density at radius 2 is 2.20 bits per heavy atom. The summed E-state index contributed by atoms with van der Waals surface area (Å²) in [5, 5.41) is 16.7. The molecular weight excluding hydrogens is 258 g/mol. The van der Waals surface area contributed by atoms with E-state index in [0.717, 1.165) is 12.2 Å². The SMILES string of the molecule is O[C@H]1CN[C@@H](c2nc(C3Cc4ccccc4O3)no2)C1. The quantitative estimate of drug-likeness (QED) is 0.854. The van der Waals surface area contributed by atoms with Gasteiger partial charge in [0.15, 0.2) is 6.10 Å². The standard InChI is InChI=1S/C14H15N3O3/c18-9-6-10(15-7-9)14-16-13(17-20-14)12-5-8-3-1-2-4-11(8)19-12/h1-4,9-10,12,15,18H,5-7H2/t9-,10-,12?/m1/s1. The van der Waals surface area contributed by atoms with Gasteiger partial charge >= 0.3 is 0 Å². The fourth-order valence-corrected chi connectivity index (χ4v) is 2.75. The fourth-order valence-electron chi connectivity index (χ4n) is 2.75.